The molecule has 0 aromatic rings. The molecular formula is C13H23N3O6. The van der Waals surface area contributed by atoms with Gasteiger partial charge in [0, 0.05) is 0 Å². The first-order valence-electron chi connectivity index (χ1n) is 6.91. The lowest BCUT2D eigenvalue weighted by atomic mass is 9.99. The van der Waals surface area contributed by atoms with Crippen LogP contribution in [0.5, 0.6) is 0 Å². The van der Waals surface area contributed by atoms with E-state index in [1.807, 2.05) is 6.92 Å². The molecule has 0 heterocycles. The van der Waals surface area contributed by atoms with Crippen molar-refractivity contribution in [2.24, 2.45) is 11.7 Å². The average molecular weight is 317 g/mol. The lowest BCUT2D eigenvalue weighted by Crippen LogP contribution is -2.55. The molecule has 0 rings (SSSR count). The molecule has 0 fully saturated rings. The molecule has 2 amide bonds. The molecule has 0 saturated carbocycles. The number of carboxylic acids is 2. The third-order valence-electron chi connectivity index (χ3n) is 3.30. The summed E-state index contributed by atoms with van der Waals surface area (Å²) >= 11 is 0. The molecule has 4 atom stereocenters. The highest BCUT2D eigenvalue weighted by Gasteiger charge is 2.29. The molecule has 9 nitrogen and oxygen atoms in total. The van der Waals surface area contributed by atoms with Crippen molar-refractivity contribution in [1.82, 2.24) is 10.6 Å². The van der Waals surface area contributed by atoms with Gasteiger partial charge in [-0.3, -0.25) is 19.2 Å². The van der Waals surface area contributed by atoms with Gasteiger partial charge >= 0.3 is 11.9 Å². The van der Waals surface area contributed by atoms with Gasteiger partial charge in [-0.1, -0.05) is 20.3 Å². The van der Waals surface area contributed by atoms with E-state index in [0.29, 0.717) is 6.42 Å². The van der Waals surface area contributed by atoms with Gasteiger partial charge in [0.2, 0.25) is 11.8 Å². The summed E-state index contributed by atoms with van der Waals surface area (Å²) in [7, 11) is 0. The van der Waals surface area contributed by atoms with Gasteiger partial charge in [-0.2, -0.15) is 0 Å². The van der Waals surface area contributed by atoms with Crippen LogP contribution in [0.15, 0.2) is 0 Å². The highest BCUT2D eigenvalue weighted by Crippen LogP contribution is 2.06. The molecule has 0 unspecified atom stereocenters. The number of aliphatic carboxylic acids is 2. The molecule has 0 radical (unpaired) electrons. The minimum absolute atomic E-state index is 0.147. The molecule has 0 aromatic carbocycles. The van der Waals surface area contributed by atoms with E-state index >= 15 is 0 Å². The molecule has 0 aliphatic heterocycles. The van der Waals surface area contributed by atoms with Crippen LogP contribution in [-0.2, 0) is 19.2 Å². The Morgan fingerprint density at radius 1 is 1.05 bits per heavy atom. The maximum atomic E-state index is 11.9. The fourth-order valence-electron chi connectivity index (χ4n) is 1.54. The molecule has 0 aromatic heterocycles. The van der Waals surface area contributed by atoms with Crippen molar-refractivity contribution in [3.05, 3.63) is 0 Å². The van der Waals surface area contributed by atoms with Gasteiger partial charge in [0.05, 0.1) is 12.5 Å². The molecular weight excluding hydrogens is 294 g/mol. The second-order valence-electron chi connectivity index (χ2n) is 5.14. The topological polar surface area (TPSA) is 159 Å². The molecule has 0 saturated heterocycles. The van der Waals surface area contributed by atoms with E-state index in [4.69, 9.17) is 15.9 Å². The predicted octanol–water partition coefficient (Wildman–Crippen LogP) is -1.09. The van der Waals surface area contributed by atoms with Crippen LogP contribution in [0.2, 0.25) is 0 Å². The lowest BCUT2D eigenvalue weighted by molar-refractivity contribution is -0.143. The standard InChI is InChI=1S/C13H23N3O6/c1-4-6(2)10(14)12(20)16-8(5-9(17)18)11(19)15-7(3)13(21)22/h6-8,10H,4-5,14H2,1-3H3,(H,15,19)(H,16,20)(H,17,18)(H,21,22)/t6-,7-,8-,10-/m0/s1. The number of carbonyl (C=O) groups is 4. The minimum atomic E-state index is -1.39. The van der Waals surface area contributed by atoms with Crippen molar-refractivity contribution in [3.63, 3.8) is 0 Å². The number of carbonyl (C=O) groups excluding carboxylic acids is 2. The predicted molar refractivity (Wildman–Crippen MR) is 76.9 cm³/mol. The van der Waals surface area contributed by atoms with Crippen molar-refractivity contribution in [3.8, 4) is 0 Å². The van der Waals surface area contributed by atoms with Gasteiger partial charge in [0.25, 0.3) is 0 Å². The van der Waals surface area contributed by atoms with Crippen molar-refractivity contribution < 1.29 is 29.4 Å². The number of carboxylic acid groups (broad SMARTS) is 2. The van der Waals surface area contributed by atoms with Crippen LogP contribution in [-0.4, -0.2) is 52.1 Å². The zero-order valence-corrected chi connectivity index (χ0v) is 12.8. The number of nitrogens with two attached hydrogens (primary N) is 1. The molecule has 9 heteroatoms. The lowest BCUT2D eigenvalue weighted by Gasteiger charge is -2.22. The number of amides is 2. The van der Waals surface area contributed by atoms with Gasteiger partial charge in [-0.15, -0.1) is 0 Å². The van der Waals surface area contributed by atoms with E-state index in [0.717, 1.165) is 0 Å². The highest BCUT2D eigenvalue weighted by molar-refractivity contribution is 5.93. The maximum Gasteiger partial charge on any atom is 0.325 e. The van der Waals surface area contributed by atoms with Crippen LogP contribution < -0.4 is 16.4 Å². The van der Waals surface area contributed by atoms with Gasteiger partial charge in [-0.25, -0.2) is 0 Å². The van der Waals surface area contributed by atoms with Gasteiger partial charge in [0.1, 0.15) is 12.1 Å². The van der Waals surface area contributed by atoms with Crippen LogP contribution in [0.25, 0.3) is 0 Å². The van der Waals surface area contributed by atoms with Gasteiger partial charge < -0.3 is 26.6 Å². The van der Waals surface area contributed by atoms with E-state index in [9.17, 15) is 19.2 Å². The Morgan fingerprint density at radius 3 is 2.00 bits per heavy atom. The summed E-state index contributed by atoms with van der Waals surface area (Å²) in [5, 5.41) is 21.9. The summed E-state index contributed by atoms with van der Waals surface area (Å²) in [5.41, 5.74) is 5.71. The summed E-state index contributed by atoms with van der Waals surface area (Å²) in [6, 6.07) is -3.48. The number of nitrogens with one attached hydrogen (secondary N) is 2. The Balaban J connectivity index is 4.91. The SMILES string of the molecule is CC[C@H](C)[C@H](N)C(=O)N[C@@H](CC(=O)O)C(=O)N[C@@H](C)C(=O)O. The van der Waals surface area contributed by atoms with Crippen molar-refractivity contribution in [2.45, 2.75) is 51.7 Å². The third kappa shape index (κ3) is 6.53. The highest BCUT2D eigenvalue weighted by atomic mass is 16.4. The quantitative estimate of drug-likeness (QED) is 0.361. The van der Waals surface area contributed by atoms with Crippen LogP contribution >= 0.6 is 0 Å². The molecule has 6 N–H and O–H groups in total. The Hall–Kier alpha value is -2.16. The second kappa shape index (κ2) is 8.98. The van der Waals surface area contributed by atoms with Crippen molar-refractivity contribution in [1.29, 1.82) is 0 Å². The summed E-state index contributed by atoms with van der Waals surface area (Å²) in [4.78, 5) is 45.3. The molecule has 22 heavy (non-hydrogen) atoms. The van der Waals surface area contributed by atoms with Crippen LogP contribution in [0.1, 0.15) is 33.6 Å². The van der Waals surface area contributed by atoms with E-state index in [2.05, 4.69) is 10.6 Å². The normalized spacial score (nSPS) is 16.0. The Morgan fingerprint density at radius 2 is 1.59 bits per heavy atom. The Labute approximate surface area is 128 Å². The van der Waals surface area contributed by atoms with Gasteiger partial charge in [-0.05, 0) is 12.8 Å². The van der Waals surface area contributed by atoms with E-state index in [1.165, 1.54) is 6.92 Å². The first-order chi connectivity index (χ1) is 10.1. The molecule has 0 aliphatic carbocycles. The van der Waals surface area contributed by atoms with Gasteiger partial charge in [0.15, 0.2) is 0 Å². The minimum Gasteiger partial charge on any atom is -0.481 e. The number of rotatable bonds is 9. The van der Waals surface area contributed by atoms with E-state index in [-0.39, 0.29) is 5.92 Å². The average Bonchev–Trinajstić information content (AvgIpc) is 2.43. The fourth-order valence-corrected chi connectivity index (χ4v) is 1.54. The van der Waals surface area contributed by atoms with E-state index in [1.54, 1.807) is 6.92 Å². The second-order valence-corrected chi connectivity index (χ2v) is 5.14. The summed E-state index contributed by atoms with van der Waals surface area (Å²) < 4.78 is 0. The Kier molecular flexibility index (Phi) is 8.10. The van der Waals surface area contributed by atoms with Crippen LogP contribution in [0, 0.1) is 5.92 Å². The largest absolute Gasteiger partial charge is 0.481 e. The van der Waals surface area contributed by atoms with E-state index < -0.39 is 48.3 Å². The summed E-state index contributed by atoms with van der Waals surface area (Å²) in [6.07, 6.45) is -0.0302. The third-order valence-corrected chi connectivity index (χ3v) is 3.30. The van der Waals surface area contributed by atoms with Crippen molar-refractivity contribution >= 4 is 23.8 Å². The molecule has 0 bridgehead atoms. The van der Waals surface area contributed by atoms with Crippen LogP contribution in [0.3, 0.4) is 0 Å². The zero-order chi connectivity index (χ0) is 17.4. The first kappa shape index (κ1) is 19.8. The van der Waals surface area contributed by atoms with Crippen LogP contribution in [0.4, 0.5) is 0 Å². The first-order valence-corrected chi connectivity index (χ1v) is 6.91. The summed E-state index contributed by atoms with van der Waals surface area (Å²) in [5.74, 6) is -4.27. The Bertz CT molecular complexity index is 439. The smallest absolute Gasteiger partial charge is 0.325 e. The molecule has 0 aliphatic rings. The number of hydrogen-bond acceptors (Lipinski definition) is 5. The maximum absolute atomic E-state index is 11.9. The number of hydrogen-bond donors (Lipinski definition) is 5. The summed E-state index contributed by atoms with van der Waals surface area (Å²) in [6.45, 7) is 4.82. The molecule has 0 spiro atoms. The van der Waals surface area contributed by atoms with Crippen molar-refractivity contribution in [2.75, 3.05) is 0 Å². The fraction of sp³-hybridized carbons (Fsp3) is 0.692. The monoisotopic (exact) mass is 317 g/mol. The molecule has 126 valence electrons. The zero-order valence-electron chi connectivity index (χ0n) is 12.8.